The largest absolute Gasteiger partial charge is 0.292 e. The van der Waals surface area contributed by atoms with E-state index in [1.165, 1.54) is 38.8 Å². The van der Waals surface area contributed by atoms with E-state index in [2.05, 4.69) is 30.6 Å². The van der Waals surface area contributed by atoms with Gasteiger partial charge in [-0.1, -0.05) is 26.2 Å². The minimum absolute atomic E-state index is 0.981. The molecule has 0 unspecified atom stereocenters. The summed E-state index contributed by atoms with van der Waals surface area (Å²) in [6.07, 6.45) is 6.36. The van der Waals surface area contributed by atoms with E-state index in [-0.39, 0.29) is 0 Å². The molecule has 0 aromatic rings. The fourth-order valence-corrected chi connectivity index (χ4v) is 1.93. The number of nitrogens with zero attached hydrogens (tertiary/aromatic N) is 1. The molecule has 0 aromatic carbocycles. The van der Waals surface area contributed by atoms with E-state index in [4.69, 9.17) is 0 Å². The molecule has 0 spiro atoms. The van der Waals surface area contributed by atoms with Gasteiger partial charge in [-0.2, -0.15) is 0 Å². The van der Waals surface area contributed by atoms with Gasteiger partial charge < -0.3 is 0 Å². The number of piperidine rings is 1. The Labute approximate surface area is 88.9 Å². The number of likely N-dealkylation sites (tertiary alicyclic amines) is 1. The predicted octanol–water partition coefficient (Wildman–Crippen LogP) is 2.91. The lowest BCUT2D eigenvalue weighted by Gasteiger charge is -2.29. The van der Waals surface area contributed by atoms with Crippen molar-refractivity contribution >= 4 is 0 Å². The summed E-state index contributed by atoms with van der Waals surface area (Å²) in [7, 11) is 0. The van der Waals surface area contributed by atoms with Gasteiger partial charge in [0.15, 0.2) is 0 Å². The van der Waals surface area contributed by atoms with Crippen LogP contribution < -0.4 is 0 Å². The van der Waals surface area contributed by atoms with E-state index in [0.717, 1.165) is 18.9 Å². The fraction of sp³-hybridized carbons (Fsp3) is 0.846. The van der Waals surface area contributed by atoms with Crippen LogP contribution in [-0.2, 0) is 0 Å². The topological polar surface area (TPSA) is 3.24 Å². The van der Waals surface area contributed by atoms with E-state index in [1.54, 1.807) is 0 Å². The molecule has 0 aromatic heterocycles. The van der Waals surface area contributed by atoms with Gasteiger partial charge in [-0.15, -0.1) is 5.92 Å². The molecule has 1 saturated heterocycles. The molecule has 0 N–H and O–H groups in total. The van der Waals surface area contributed by atoms with Crippen LogP contribution in [0.1, 0.15) is 46.0 Å². The molecule has 1 heteroatoms. The third-order valence-corrected chi connectivity index (χ3v) is 3.09. The maximum absolute atomic E-state index is 3.26. The molecule has 0 aliphatic carbocycles. The minimum atomic E-state index is 0.981. The summed E-state index contributed by atoms with van der Waals surface area (Å²) >= 11 is 0. The smallest absolute Gasteiger partial charge is 0.0601 e. The Kier molecular flexibility index (Phi) is 5.71. The molecular weight excluding hydrogens is 170 g/mol. The van der Waals surface area contributed by atoms with E-state index in [9.17, 15) is 0 Å². The van der Waals surface area contributed by atoms with Gasteiger partial charge in [0.2, 0.25) is 0 Å². The van der Waals surface area contributed by atoms with Gasteiger partial charge in [0, 0.05) is 6.42 Å². The lowest BCUT2D eigenvalue weighted by Crippen LogP contribution is -2.33. The maximum Gasteiger partial charge on any atom is 0.0601 e. The molecule has 1 nitrogen and oxygen atoms in total. The van der Waals surface area contributed by atoms with Crippen LogP contribution in [0.5, 0.6) is 0 Å². The predicted molar refractivity (Wildman–Crippen MR) is 62.1 cm³/mol. The van der Waals surface area contributed by atoms with E-state index in [0.29, 0.717) is 0 Å². The highest BCUT2D eigenvalue weighted by Crippen LogP contribution is 2.19. The van der Waals surface area contributed by atoms with Crippen LogP contribution in [-0.4, -0.2) is 24.5 Å². The van der Waals surface area contributed by atoms with Gasteiger partial charge in [0.05, 0.1) is 6.54 Å². The third kappa shape index (κ3) is 4.15. The normalized spacial score (nSPS) is 19.0. The molecule has 1 aliphatic heterocycles. The first kappa shape index (κ1) is 11.6. The summed E-state index contributed by atoms with van der Waals surface area (Å²) in [5, 5.41) is 0. The van der Waals surface area contributed by atoms with E-state index >= 15 is 0 Å². The second-order valence-electron chi connectivity index (χ2n) is 4.23. The van der Waals surface area contributed by atoms with Crippen molar-refractivity contribution in [3.05, 3.63) is 0 Å². The molecule has 1 fully saturated rings. The zero-order chi connectivity index (χ0) is 10.2. The van der Waals surface area contributed by atoms with Crippen molar-refractivity contribution in [2.75, 3.05) is 19.6 Å². The summed E-state index contributed by atoms with van der Waals surface area (Å²) in [6, 6.07) is 0. The van der Waals surface area contributed by atoms with Crippen molar-refractivity contribution in [2.45, 2.75) is 46.0 Å². The van der Waals surface area contributed by atoms with Gasteiger partial charge >= 0.3 is 0 Å². The van der Waals surface area contributed by atoms with Gasteiger partial charge in [0.1, 0.15) is 0 Å². The Balaban J connectivity index is 2.13. The quantitative estimate of drug-likeness (QED) is 0.623. The fourth-order valence-electron chi connectivity index (χ4n) is 1.93. The van der Waals surface area contributed by atoms with E-state index in [1.807, 2.05) is 0 Å². The second kappa shape index (κ2) is 6.90. The Morgan fingerprint density at radius 1 is 1.14 bits per heavy atom. The highest BCUT2D eigenvalue weighted by atomic mass is 15.1. The van der Waals surface area contributed by atoms with Crippen molar-refractivity contribution in [3.63, 3.8) is 0 Å². The maximum atomic E-state index is 3.26. The van der Waals surface area contributed by atoms with Crippen LogP contribution in [0.4, 0.5) is 0 Å². The van der Waals surface area contributed by atoms with Crippen molar-refractivity contribution in [1.29, 1.82) is 0 Å². The summed E-state index contributed by atoms with van der Waals surface area (Å²) in [5.41, 5.74) is 0. The van der Waals surface area contributed by atoms with Crippen LogP contribution >= 0.6 is 0 Å². The van der Waals surface area contributed by atoms with Crippen molar-refractivity contribution in [2.24, 2.45) is 5.92 Å². The monoisotopic (exact) mass is 193 g/mol. The van der Waals surface area contributed by atoms with Gasteiger partial charge in [-0.05, 0) is 38.3 Å². The molecule has 1 rings (SSSR count). The molecule has 0 saturated carbocycles. The molecule has 0 amide bonds. The van der Waals surface area contributed by atoms with Crippen LogP contribution in [0.15, 0.2) is 0 Å². The second-order valence-corrected chi connectivity index (χ2v) is 4.23. The number of hydrogen-bond acceptors (Lipinski definition) is 1. The Morgan fingerprint density at radius 3 is 2.43 bits per heavy atom. The van der Waals surface area contributed by atoms with E-state index < -0.39 is 0 Å². The molecule has 0 atom stereocenters. The lowest BCUT2D eigenvalue weighted by molar-refractivity contribution is 0.200. The van der Waals surface area contributed by atoms with Crippen LogP contribution in [0.2, 0.25) is 0 Å². The van der Waals surface area contributed by atoms with Gasteiger partial charge in [-0.25, -0.2) is 0 Å². The summed E-state index contributed by atoms with van der Waals surface area (Å²) in [6.45, 7) is 8.01. The van der Waals surface area contributed by atoms with Gasteiger partial charge in [0.25, 0.3) is 0 Å². The lowest BCUT2D eigenvalue weighted by atomic mass is 9.94. The highest BCUT2D eigenvalue weighted by molar-refractivity contribution is 5.01. The average Bonchev–Trinajstić information content (AvgIpc) is 2.25. The molecular formula is C13H23N. The Morgan fingerprint density at radius 2 is 1.86 bits per heavy atom. The molecule has 0 bridgehead atoms. The summed E-state index contributed by atoms with van der Waals surface area (Å²) in [4.78, 5) is 2.49. The highest BCUT2D eigenvalue weighted by Gasteiger charge is 2.16. The summed E-state index contributed by atoms with van der Waals surface area (Å²) < 4.78 is 0. The first-order valence-electron chi connectivity index (χ1n) is 6.04. The molecule has 1 heterocycles. The van der Waals surface area contributed by atoms with Crippen molar-refractivity contribution < 1.29 is 0 Å². The van der Waals surface area contributed by atoms with Crippen LogP contribution in [0, 0.1) is 17.8 Å². The SMILES string of the molecule is CCCC#CCN1CCC(CC)CC1. The average molecular weight is 193 g/mol. The van der Waals surface area contributed by atoms with Gasteiger partial charge in [-0.3, -0.25) is 4.90 Å². The zero-order valence-electron chi connectivity index (χ0n) is 9.68. The zero-order valence-corrected chi connectivity index (χ0v) is 9.68. The third-order valence-electron chi connectivity index (χ3n) is 3.09. The first-order valence-corrected chi connectivity index (χ1v) is 6.04. The number of rotatable bonds is 3. The van der Waals surface area contributed by atoms with Crippen molar-refractivity contribution in [3.8, 4) is 11.8 Å². The van der Waals surface area contributed by atoms with Crippen molar-refractivity contribution in [1.82, 2.24) is 4.90 Å². The molecule has 0 radical (unpaired) electrons. The minimum Gasteiger partial charge on any atom is -0.292 e. The Hall–Kier alpha value is -0.480. The summed E-state index contributed by atoms with van der Waals surface area (Å²) in [5.74, 6) is 7.46. The van der Waals surface area contributed by atoms with Crippen LogP contribution in [0.25, 0.3) is 0 Å². The number of unbranched alkanes of at least 4 members (excludes halogenated alkanes) is 1. The Bertz CT molecular complexity index is 191. The standard InChI is InChI=1S/C13H23N/c1-3-5-6-7-10-14-11-8-13(4-2)9-12-14/h13H,3-5,8-12H2,1-2H3. The first-order chi connectivity index (χ1) is 6.86. The van der Waals surface area contributed by atoms with Crippen LogP contribution in [0.3, 0.4) is 0 Å². The number of hydrogen-bond donors (Lipinski definition) is 0. The molecule has 14 heavy (non-hydrogen) atoms. The molecule has 80 valence electrons. The molecule has 1 aliphatic rings.